The molecule has 1 aromatic heterocycles. The van der Waals surface area contributed by atoms with Crippen LogP contribution in [0.4, 0.5) is 5.69 Å². The van der Waals surface area contributed by atoms with Crippen LogP contribution >= 0.6 is 0 Å². The van der Waals surface area contributed by atoms with E-state index in [0.29, 0.717) is 5.57 Å². The van der Waals surface area contributed by atoms with Crippen LogP contribution in [0.3, 0.4) is 0 Å². The molecule has 0 aliphatic carbocycles. The van der Waals surface area contributed by atoms with Gasteiger partial charge in [0.15, 0.2) is 0 Å². The first-order chi connectivity index (χ1) is 16.6. The molecule has 1 aliphatic rings. The Bertz CT molecular complexity index is 1380. The van der Waals surface area contributed by atoms with Crippen LogP contribution in [0.2, 0.25) is 0 Å². The van der Waals surface area contributed by atoms with Gasteiger partial charge in [0, 0.05) is 16.6 Å². The number of allylic oxidation sites excluding steroid dienone is 1. The summed E-state index contributed by atoms with van der Waals surface area (Å²) in [6.07, 6.45) is 3.37. The van der Waals surface area contributed by atoms with Gasteiger partial charge in [0.05, 0.1) is 29.0 Å². The van der Waals surface area contributed by atoms with Crippen LogP contribution in [0.25, 0.3) is 10.9 Å². The number of aromatic nitrogens is 2. The number of amidine groups is 1. The molecule has 34 heavy (non-hydrogen) atoms. The van der Waals surface area contributed by atoms with Gasteiger partial charge in [-0.2, -0.15) is 5.10 Å². The van der Waals surface area contributed by atoms with Crippen molar-refractivity contribution in [1.82, 2.24) is 15.5 Å². The van der Waals surface area contributed by atoms with E-state index >= 15 is 0 Å². The highest BCUT2D eigenvalue weighted by Gasteiger charge is 2.28. The normalized spacial score (nSPS) is 15.7. The fourth-order valence-electron chi connectivity index (χ4n) is 4.32. The lowest BCUT2D eigenvalue weighted by molar-refractivity contribution is -0.113. The molecule has 0 fully saturated rings. The van der Waals surface area contributed by atoms with E-state index < -0.39 is 0 Å². The van der Waals surface area contributed by atoms with Crippen molar-refractivity contribution < 1.29 is 4.79 Å². The van der Waals surface area contributed by atoms with Gasteiger partial charge in [-0.3, -0.25) is 9.89 Å². The Morgan fingerprint density at radius 3 is 2.59 bits per heavy atom. The van der Waals surface area contributed by atoms with Crippen molar-refractivity contribution in [3.05, 3.63) is 107 Å². The Labute approximate surface area is 198 Å². The molecule has 6 heteroatoms. The maximum atomic E-state index is 13.5. The van der Waals surface area contributed by atoms with Gasteiger partial charge in [0.1, 0.15) is 5.84 Å². The van der Waals surface area contributed by atoms with Gasteiger partial charge in [-0.15, -0.1) is 0 Å². The van der Waals surface area contributed by atoms with Crippen LogP contribution in [0.15, 0.2) is 95.3 Å². The van der Waals surface area contributed by atoms with E-state index in [0.717, 1.165) is 46.5 Å². The van der Waals surface area contributed by atoms with Crippen LogP contribution < -0.4 is 10.6 Å². The number of rotatable bonds is 6. The Morgan fingerprint density at radius 2 is 1.79 bits per heavy atom. The smallest absolute Gasteiger partial charge is 0.255 e. The first kappa shape index (κ1) is 21.6. The van der Waals surface area contributed by atoms with Crippen molar-refractivity contribution in [3.63, 3.8) is 0 Å². The zero-order valence-corrected chi connectivity index (χ0v) is 19.3. The van der Waals surface area contributed by atoms with Gasteiger partial charge in [0.2, 0.25) is 0 Å². The highest BCUT2D eigenvalue weighted by molar-refractivity contribution is 6.09. The molecule has 3 N–H and O–H groups in total. The Hall–Kier alpha value is -4.19. The maximum absolute atomic E-state index is 13.5. The molecule has 4 aromatic rings. The van der Waals surface area contributed by atoms with Crippen molar-refractivity contribution in [2.75, 3.05) is 5.32 Å². The minimum Gasteiger partial charge on any atom is -0.362 e. The highest BCUT2D eigenvalue weighted by Crippen LogP contribution is 2.24. The van der Waals surface area contributed by atoms with Crippen LogP contribution in [-0.4, -0.2) is 28.0 Å². The molecule has 1 amide bonds. The van der Waals surface area contributed by atoms with E-state index in [1.807, 2.05) is 43.3 Å². The van der Waals surface area contributed by atoms with Crippen molar-refractivity contribution in [2.24, 2.45) is 4.99 Å². The number of aromatic amines is 1. The summed E-state index contributed by atoms with van der Waals surface area (Å²) in [5.74, 6) is 0.657. The van der Waals surface area contributed by atoms with Gasteiger partial charge in [-0.05, 0) is 50.5 Å². The summed E-state index contributed by atoms with van der Waals surface area (Å²) in [5.41, 5.74) is 6.51. The van der Waals surface area contributed by atoms with E-state index in [1.165, 1.54) is 11.1 Å². The third-order valence-electron chi connectivity index (χ3n) is 6.16. The van der Waals surface area contributed by atoms with Crippen LogP contribution in [0, 0.1) is 6.92 Å². The molecule has 1 atom stereocenters. The molecule has 2 heterocycles. The summed E-state index contributed by atoms with van der Waals surface area (Å²) in [6.45, 7) is 3.98. The molecule has 1 aliphatic heterocycles. The number of carbonyl (C=O) groups excluding carboxylic acids is 1. The number of hydrogen-bond donors (Lipinski definition) is 3. The summed E-state index contributed by atoms with van der Waals surface area (Å²) in [5, 5.41) is 14.6. The molecule has 0 radical (unpaired) electrons. The third kappa shape index (κ3) is 4.62. The molecule has 6 nitrogen and oxygen atoms in total. The maximum Gasteiger partial charge on any atom is 0.255 e. The molecular formula is C28H27N5O. The molecule has 170 valence electrons. The second kappa shape index (κ2) is 9.35. The van der Waals surface area contributed by atoms with Gasteiger partial charge >= 0.3 is 0 Å². The predicted molar refractivity (Wildman–Crippen MR) is 137 cm³/mol. The number of H-pyrrole nitrogens is 1. The summed E-state index contributed by atoms with van der Waals surface area (Å²) < 4.78 is 0. The third-order valence-corrected chi connectivity index (χ3v) is 6.16. The monoisotopic (exact) mass is 449 g/mol. The zero-order chi connectivity index (χ0) is 23.5. The van der Waals surface area contributed by atoms with Crippen LogP contribution in [0.5, 0.6) is 0 Å². The summed E-state index contributed by atoms with van der Waals surface area (Å²) in [7, 11) is 0. The lowest BCUT2D eigenvalue weighted by Gasteiger charge is -2.28. The first-order valence-electron chi connectivity index (χ1n) is 11.5. The lowest BCUT2D eigenvalue weighted by atomic mass is 9.94. The van der Waals surface area contributed by atoms with Crippen molar-refractivity contribution in [1.29, 1.82) is 0 Å². The van der Waals surface area contributed by atoms with E-state index in [1.54, 1.807) is 6.20 Å². The molecule has 0 saturated carbocycles. The Morgan fingerprint density at radius 1 is 1.00 bits per heavy atom. The number of nitrogens with one attached hydrogen (secondary N) is 3. The predicted octanol–water partition coefficient (Wildman–Crippen LogP) is 5.14. The number of nitrogens with zero attached hydrogens (tertiary/aromatic N) is 2. The fraction of sp³-hybridized carbons (Fsp3) is 0.179. The molecule has 0 bridgehead atoms. The molecule has 0 spiro atoms. The number of fused-ring (bicyclic) bond motifs is 1. The van der Waals surface area contributed by atoms with E-state index in [9.17, 15) is 4.79 Å². The second-order valence-corrected chi connectivity index (χ2v) is 8.67. The van der Waals surface area contributed by atoms with E-state index in [2.05, 4.69) is 64.2 Å². The SMILES string of the molecule is CC1=C(C(=O)Nc2ccc3[nH]ncc3c2)C(CCc2ccccc2)NC(c2ccc(C)cc2)=N1. The first-order valence-corrected chi connectivity index (χ1v) is 11.5. The number of aliphatic imine (C=N–C) groups is 1. The molecule has 5 rings (SSSR count). The minimum absolute atomic E-state index is 0.141. The number of hydrogen-bond acceptors (Lipinski definition) is 4. The summed E-state index contributed by atoms with van der Waals surface area (Å²) in [4.78, 5) is 18.2. The average Bonchev–Trinajstić information content (AvgIpc) is 3.31. The topological polar surface area (TPSA) is 82.2 Å². The molecule has 0 saturated heterocycles. The molecule has 1 unspecified atom stereocenters. The van der Waals surface area contributed by atoms with Crippen molar-refractivity contribution in [2.45, 2.75) is 32.7 Å². The quantitative estimate of drug-likeness (QED) is 0.381. The molecular weight excluding hydrogens is 422 g/mol. The second-order valence-electron chi connectivity index (χ2n) is 8.67. The average molecular weight is 450 g/mol. The van der Waals surface area contributed by atoms with Crippen molar-refractivity contribution >= 4 is 28.3 Å². The summed E-state index contributed by atoms with van der Waals surface area (Å²) in [6, 6.07) is 24.2. The minimum atomic E-state index is -0.160. The zero-order valence-electron chi connectivity index (χ0n) is 19.3. The van der Waals surface area contributed by atoms with Crippen LogP contribution in [-0.2, 0) is 11.2 Å². The number of carbonyl (C=O) groups is 1. The van der Waals surface area contributed by atoms with Crippen LogP contribution in [0.1, 0.15) is 30.0 Å². The molecule has 3 aromatic carbocycles. The van der Waals surface area contributed by atoms with Crippen molar-refractivity contribution in [3.8, 4) is 0 Å². The number of anilines is 1. The highest BCUT2D eigenvalue weighted by atomic mass is 16.1. The van der Waals surface area contributed by atoms with Gasteiger partial charge in [0.25, 0.3) is 5.91 Å². The lowest BCUT2D eigenvalue weighted by Crippen LogP contribution is -2.43. The fourth-order valence-corrected chi connectivity index (χ4v) is 4.32. The Balaban J connectivity index is 1.44. The van der Waals surface area contributed by atoms with Gasteiger partial charge < -0.3 is 10.6 Å². The Kier molecular flexibility index (Phi) is 5.95. The van der Waals surface area contributed by atoms with E-state index in [-0.39, 0.29) is 11.9 Å². The van der Waals surface area contributed by atoms with Gasteiger partial charge in [-0.25, -0.2) is 4.99 Å². The summed E-state index contributed by atoms with van der Waals surface area (Å²) >= 11 is 0. The largest absolute Gasteiger partial charge is 0.362 e. The van der Waals surface area contributed by atoms with E-state index in [4.69, 9.17) is 4.99 Å². The standard InChI is InChI=1S/C28H27N5O/c1-18-8-11-21(12-9-18)27-30-19(2)26(25(32-27)14-10-20-6-4-3-5-7-20)28(34)31-23-13-15-24-22(16-23)17-29-33-24/h3-9,11-13,15-17,25H,10,14H2,1-2H3,(H,29,33)(H,30,32)(H,31,34). The number of aryl methyl sites for hydroxylation is 2. The van der Waals surface area contributed by atoms with Gasteiger partial charge in [-0.1, -0.05) is 60.2 Å². The number of amides is 1. The number of benzene rings is 3.